The molecule has 1 aromatic carbocycles. The predicted octanol–water partition coefficient (Wildman–Crippen LogP) is 2.68. The van der Waals surface area contributed by atoms with Crippen molar-refractivity contribution in [2.75, 3.05) is 18.4 Å². The van der Waals surface area contributed by atoms with Gasteiger partial charge in [-0.05, 0) is 17.0 Å². The summed E-state index contributed by atoms with van der Waals surface area (Å²) < 4.78 is 26.7. The van der Waals surface area contributed by atoms with Gasteiger partial charge in [-0.1, -0.05) is 36.4 Å². The zero-order valence-corrected chi connectivity index (χ0v) is 17.9. The van der Waals surface area contributed by atoms with E-state index in [1.807, 2.05) is 18.2 Å². The van der Waals surface area contributed by atoms with Crippen LogP contribution in [0.3, 0.4) is 0 Å². The molecule has 0 bridgehead atoms. The van der Waals surface area contributed by atoms with E-state index < -0.39 is 15.9 Å². The maximum Gasteiger partial charge on any atom is 0.250 e. The summed E-state index contributed by atoms with van der Waals surface area (Å²) >= 11 is 2.56. The zero-order valence-electron chi connectivity index (χ0n) is 15.5. The minimum Gasteiger partial charge on any atom is -0.301 e. The first-order chi connectivity index (χ1) is 14.0. The molecular weight excluding hydrogens is 428 g/mol. The summed E-state index contributed by atoms with van der Waals surface area (Å²) in [6.07, 6.45) is 0.833. The Kier molecular flexibility index (Phi) is 6.07. The maximum absolute atomic E-state index is 12.2. The van der Waals surface area contributed by atoms with Crippen molar-refractivity contribution in [3.63, 3.8) is 0 Å². The van der Waals surface area contributed by atoms with Gasteiger partial charge in [0.25, 0.3) is 10.0 Å². The fraction of sp³-hybridized carbons (Fsp3) is 0.263. The van der Waals surface area contributed by atoms with Gasteiger partial charge in [-0.25, -0.2) is 18.1 Å². The predicted molar refractivity (Wildman–Crippen MR) is 115 cm³/mol. The van der Waals surface area contributed by atoms with Gasteiger partial charge in [-0.2, -0.15) is 0 Å². The molecule has 29 heavy (non-hydrogen) atoms. The van der Waals surface area contributed by atoms with Crippen LogP contribution in [0.4, 0.5) is 5.13 Å². The van der Waals surface area contributed by atoms with Crippen molar-refractivity contribution in [1.82, 2.24) is 14.6 Å². The standard InChI is InChI=1S/C19H20N4O3S3/c24-17(11-20-29(25,26)18-7-4-10-27-18)22-19-21-15-8-9-23(13-16(15)28-19)12-14-5-2-1-3-6-14/h1-7,10,20H,8-9,11-13H2,(H,21,22,24). The van der Waals surface area contributed by atoms with Gasteiger partial charge >= 0.3 is 0 Å². The zero-order chi connectivity index (χ0) is 20.3. The summed E-state index contributed by atoms with van der Waals surface area (Å²) in [6, 6.07) is 13.5. The van der Waals surface area contributed by atoms with E-state index in [9.17, 15) is 13.2 Å². The lowest BCUT2D eigenvalue weighted by Gasteiger charge is -2.25. The third-order valence-corrected chi connectivity index (χ3v) is 8.28. The van der Waals surface area contributed by atoms with Gasteiger partial charge in [-0.3, -0.25) is 9.69 Å². The number of anilines is 1. The van der Waals surface area contributed by atoms with Gasteiger partial charge in [-0.15, -0.1) is 22.7 Å². The van der Waals surface area contributed by atoms with Crippen molar-refractivity contribution in [3.8, 4) is 0 Å². The summed E-state index contributed by atoms with van der Waals surface area (Å²) in [6.45, 7) is 2.26. The van der Waals surface area contributed by atoms with E-state index in [4.69, 9.17) is 0 Å². The summed E-state index contributed by atoms with van der Waals surface area (Å²) in [4.78, 5) is 20.2. The van der Waals surface area contributed by atoms with E-state index in [1.54, 1.807) is 11.4 Å². The molecule has 10 heteroatoms. The molecule has 3 aromatic rings. The average Bonchev–Trinajstić information content (AvgIpc) is 3.37. The molecule has 1 aliphatic heterocycles. The number of hydrogen-bond acceptors (Lipinski definition) is 7. The maximum atomic E-state index is 12.2. The molecule has 0 unspecified atom stereocenters. The van der Waals surface area contributed by atoms with Crippen LogP contribution >= 0.6 is 22.7 Å². The van der Waals surface area contributed by atoms with Gasteiger partial charge in [0.2, 0.25) is 5.91 Å². The van der Waals surface area contributed by atoms with Crippen LogP contribution in [0.1, 0.15) is 16.1 Å². The van der Waals surface area contributed by atoms with Crippen LogP contribution in [0.2, 0.25) is 0 Å². The first kappa shape index (κ1) is 20.2. The highest BCUT2D eigenvalue weighted by Gasteiger charge is 2.22. The van der Waals surface area contributed by atoms with E-state index in [-0.39, 0.29) is 10.8 Å². The molecule has 0 atom stereocenters. The Morgan fingerprint density at radius 1 is 1.17 bits per heavy atom. The van der Waals surface area contributed by atoms with E-state index in [0.717, 1.165) is 48.0 Å². The highest BCUT2D eigenvalue weighted by atomic mass is 32.2. The fourth-order valence-electron chi connectivity index (χ4n) is 3.09. The van der Waals surface area contributed by atoms with E-state index in [0.29, 0.717) is 5.13 Å². The second-order valence-corrected chi connectivity index (χ2v) is 10.7. The SMILES string of the molecule is O=C(CNS(=O)(=O)c1cccs1)Nc1nc2c(s1)CN(Cc1ccccc1)CC2. The number of sulfonamides is 1. The minimum absolute atomic E-state index is 0.188. The number of nitrogens with zero attached hydrogens (tertiary/aromatic N) is 2. The minimum atomic E-state index is -3.66. The number of thiazole rings is 1. The molecule has 4 rings (SSSR count). The van der Waals surface area contributed by atoms with E-state index >= 15 is 0 Å². The number of amides is 1. The number of thiophene rings is 1. The van der Waals surface area contributed by atoms with Gasteiger partial charge < -0.3 is 5.32 Å². The highest BCUT2D eigenvalue weighted by molar-refractivity contribution is 7.91. The van der Waals surface area contributed by atoms with E-state index in [1.165, 1.54) is 23.0 Å². The Hall–Kier alpha value is -2.11. The lowest BCUT2D eigenvalue weighted by Crippen LogP contribution is -2.32. The molecule has 0 spiro atoms. The molecule has 0 saturated carbocycles. The van der Waals surface area contributed by atoms with Crippen LogP contribution in [0.5, 0.6) is 0 Å². The number of aromatic nitrogens is 1. The topological polar surface area (TPSA) is 91.4 Å². The molecule has 0 fully saturated rings. The third-order valence-electron chi connectivity index (χ3n) is 4.49. The van der Waals surface area contributed by atoms with Gasteiger partial charge in [0.05, 0.1) is 12.2 Å². The number of carbonyl (C=O) groups is 1. The number of carbonyl (C=O) groups excluding carboxylic acids is 1. The van der Waals surface area contributed by atoms with Crippen molar-refractivity contribution in [1.29, 1.82) is 0 Å². The first-order valence-electron chi connectivity index (χ1n) is 9.07. The van der Waals surface area contributed by atoms with Crippen LogP contribution in [-0.2, 0) is 34.3 Å². The van der Waals surface area contributed by atoms with Crippen molar-refractivity contribution in [3.05, 3.63) is 64.0 Å². The molecule has 2 aromatic heterocycles. The normalized spacial score (nSPS) is 14.5. The number of benzene rings is 1. The van der Waals surface area contributed by atoms with Crippen molar-refractivity contribution in [2.45, 2.75) is 23.7 Å². The van der Waals surface area contributed by atoms with Crippen LogP contribution in [0.25, 0.3) is 0 Å². The molecule has 2 N–H and O–H groups in total. The molecular formula is C19H20N4O3S3. The Morgan fingerprint density at radius 3 is 2.76 bits per heavy atom. The number of rotatable bonds is 7. The number of nitrogens with one attached hydrogen (secondary N) is 2. The van der Waals surface area contributed by atoms with Crippen LogP contribution in [0.15, 0.2) is 52.1 Å². The first-order valence-corrected chi connectivity index (χ1v) is 12.3. The van der Waals surface area contributed by atoms with Gasteiger partial charge in [0.15, 0.2) is 5.13 Å². The molecule has 0 radical (unpaired) electrons. The Bertz CT molecular complexity index is 1080. The van der Waals surface area contributed by atoms with Crippen LogP contribution in [0, 0.1) is 0 Å². The second-order valence-electron chi connectivity index (χ2n) is 6.64. The molecule has 3 heterocycles. The molecule has 0 aliphatic carbocycles. The van der Waals surface area contributed by atoms with Crippen molar-refractivity contribution in [2.24, 2.45) is 0 Å². The monoisotopic (exact) mass is 448 g/mol. The second kappa shape index (κ2) is 8.72. The molecule has 7 nitrogen and oxygen atoms in total. The van der Waals surface area contributed by atoms with Crippen LogP contribution < -0.4 is 10.0 Å². The molecule has 0 saturated heterocycles. The van der Waals surface area contributed by atoms with Crippen LogP contribution in [-0.4, -0.2) is 37.3 Å². The highest BCUT2D eigenvalue weighted by Crippen LogP contribution is 2.29. The van der Waals surface area contributed by atoms with Gasteiger partial charge in [0, 0.05) is 30.9 Å². The number of fused-ring (bicyclic) bond motifs is 1. The van der Waals surface area contributed by atoms with E-state index in [2.05, 4.69) is 32.1 Å². The largest absolute Gasteiger partial charge is 0.301 e. The smallest absolute Gasteiger partial charge is 0.250 e. The average molecular weight is 449 g/mol. The molecule has 152 valence electrons. The fourth-order valence-corrected chi connectivity index (χ4v) is 6.18. The molecule has 1 amide bonds. The Morgan fingerprint density at radius 2 is 2.00 bits per heavy atom. The summed E-state index contributed by atoms with van der Waals surface area (Å²) in [5.74, 6) is -0.433. The Labute approximate surface area is 177 Å². The molecule has 1 aliphatic rings. The number of hydrogen-bond donors (Lipinski definition) is 2. The Balaban J connectivity index is 1.32. The summed E-state index contributed by atoms with van der Waals surface area (Å²) in [7, 11) is -3.66. The third kappa shape index (κ3) is 5.09. The quantitative estimate of drug-likeness (QED) is 0.580. The van der Waals surface area contributed by atoms with Crippen molar-refractivity contribution < 1.29 is 13.2 Å². The van der Waals surface area contributed by atoms with Gasteiger partial charge in [0.1, 0.15) is 4.21 Å². The summed E-state index contributed by atoms with van der Waals surface area (Å²) in [5.41, 5.74) is 2.28. The lowest BCUT2D eigenvalue weighted by molar-refractivity contribution is -0.115. The summed E-state index contributed by atoms with van der Waals surface area (Å²) in [5, 5.41) is 4.90. The lowest BCUT2D eigenvalue weighted by atomic mass is 10.1. The van der Waals surface area contributed by atoms with Crippen molar-refractivity contribution >= 4 is 43.7 Å².